The van der Waals surface area contributed by atoms with E-state index in [9.17, 15) is 4.79 Å². The van der Waals surface area contributed by atoms with E-state index in [1.165, 1.54) is 6.92 Å². The van der Waals surface area contributed by atoms with Gasteiger partial charge in [0.15, 0.2) is 11.5 Å². The second-order valence-electron chi connectivity index (χ2n) is 4.32. The van der Waals surface area contributed by atoms with Crippen LogP contribution in [0.5, 0.6) is 11.5 Å². The summed E-state index contributed by atoms with van der Waals surface area (Å²) in [5.74, 6) is 0.684. The molecule has 0 atom stereocenters. The van der Waals surface area contributed by atoms with Gasteiger partial charge in [-0.1, -0.05) is 36.4 Å². The molecule has 19 heavy (non-hydrogen) atoms. The number of carbonyl (C=O) groups excluding carboxylic acids is 1. The molecule has 2 aromatic rings. The molecule has 0 amide bonds. The van der Waals surface area contributed by atoms with Crippen molar-refractivity contribution in [3.05, 3.63) is 59.7 Å². The van der Waals surface area contributed by atoms with Gasteiger partial charge < -0.3 is 9.47 Å². The second kappa shape index (κ2) is 6.05. The predicted molar refractivity (Wildman–Crippen MR) is 73.3 cm³/mol. The molecule has 2 rings (SSSR count). The van der Waals surface area contributed by atoms with Crippen LogP contribution < -0.4 is 9.47 Å². The molecule has 0 aliphatic carbocycles. The fraction of sp³-hybridized carbons (Fsp3) is 0.188. The average Bonchev–Trinajstić information content (AvgIpc) is 2.38. The molecule has 0 aromatic heterocycles. The molecule has 0 heterocycles. The summed E-state index contributed by atoms with van der Waals surface area (Å²) in [5.41, 5.74) is 2.08. The molecule has 0 aliphatic rings. The maximum Gasteiger partial charge on any atom is 0.308 e. The highest BCUT2D eigenvalue weighted by atomic mass is 16.6. The summed E-state index contributed by atoms with van der Waals surface area (Å²) in [4.78, 5) is 11.1. The zero-order chi connectivity index (χ0) is 13.7. The molecule has 3 nitrogen and oxygen atoms in total. The van der Waals surface area contributed by atoms with Crippen molar-refractivity contribution in [2.75, 3.05) is 0 Å². The Labute approximate surface area is 112 Å². The molecule has 98 valence electrons. The van der Waals surface area contributed by atoms with Crippen LogP contribution in [-0.2, 0) is 11.4 Å². The van der Waals surface area contributed by atoms with Gasteiger partial charge in [-0.25, -0.2) is 0 Å². The smallest absolute Gasteiger partial charge is 0.308 e. The van der Waals surface area contributed by atoms with Gasteiger partial charge in [-0.05, 0) is 30.2 Å². The summed E-state index contributed by atoms with van der Waals surface area (Å²) in [7, 11) is 0. The van der Waals surface area contributed by atoms with Crippen molar-refractivity contribution < 1.29 is 14.3 Å². The molecular formula is C16H16O3. The van der Waals surface area contributed by atoms with E-state index < -0.39 is 0 Å². The second-order valence-corrected chi connectivity index (χ2v) is 4.32. The molecule has 0 saturated heterocycles. The minimum atomic E-state index is -0.352. The number of esters is 1. The fourth-order valence-electron chi connectivity index (χ4n) is 1.70. The molecule has 0 aliphatic heterocycles. The SMILES string of the molecule is CC(=O)Oc1cc(C)ccc1OCc1ccccc1. The Hall–Kier alpha value is -2.29. The van der Waals surface area contributed by atoms with E-state index in [2.05, 4.69) is 0 Å². The van der Waals surface area contributed by atoms with Crippen molar-refractivity contribution in [1.82, 2.24) is 0 Å². The van der Waals surface area contributed by atoms with Crippen LogP contribution in [0, 0.1) is 6.92 Å². The first-order chi connectivity index (χ1) is 9.15. The van der Waals surface area contributed by atoms with Crippen LogP contribution >= 0.6 is 0 Å². The van der Waals surface area contributed by atoms with E-state index >= 15 is 0 Å². The van der Waals surface area contributed by atoms with E-state index in [1.54, 1.807) is 6.07 Å². The predicted octanol–water partition coefficient (Wildman–Crippen LogP) is 3.50. The summed E-state index contributed by atoms with van der Waals surface area (Å²) in [5, 5.41) is 0. The Morgan fingerprint density at radius 2 is 1.79 bits per heavy atom. The fourth-order valence-corrected chi connectivity index (χ4v) is 1.70. The number of carbonyl (C=O) groups is 1. The Morgan fingerprint density at radius 3 is 2.47 bits per heavy atom. The van der Waals surface area contributed by atoms with Crippen molar-refractivity contribution in [3.63, 3.8) is 0 Å². The van der Waals surface area contributed by atoms with Crippen LogP contribution in [0.25, 0.3) is 0 Å². The summed E-state index contributed by atoms with van der Waals surface area (Å²) < 4.78 is 10.9. The highest BCUT2D eigenvalue weighted by Crippen LogP contribution is 2.29. The quantitative estimate of drug-likeness (QED) is 0.620. The van der Waals surface area contributed by atoms with E-state index in [1.807, 2.05) is 49.4 Å². The van der Waals surface area contributed by atoms with Gasteiger partial charge in [0.25, 0.3) is 0 Å². The maximum atomic E-state index is 11.1. The Morgan fingerprint density at radius 1 is 1.05 bits per heavy atom. The van der Waals surface area contributed by atoms with E-state index in [4.69, 9.17) is 9.47 Å². The first-order valence-corrected chi connectivity index (χ1v) is 6.11. The van der Waals surface area contributed by atoms with Gasteiger partial charge in [-0.2, -0.15) is 0 Å². The highest BCUT2D eigenvalue weighted by molar-refractivity contribution is 5.70. The van der Waals surface area contributed by atoms with Crippen LogP contribution in [0.3, 0.4) is 0 Å². The van der Waals surface area contributed by atoms with E-state index in [-0.39, 0.29) is 5.97 Å². The monoisotopic (exact) mass is 256 g/mol. The molecule has 0 fully saturated rings. The van der Waals surface area contributed by atoms with Crippen molar-refractivity contribution in [1.29, 1.82) is 0 Å². The molecule has 2 aromatic carbocycles. The van der Waals surface area contributed by atoms with Crippen molar-refractivity contribution in [3.8, 4) is 11.5 Å². The highest BCUT2D eigenvalue weighted by Gasteiger charge is 2.08. The first-order valence-electron chi connectivity index (χ1n) is 6.11. The Balaban J connectivity index is 2.13. The Bertz CT molecular complexity index is 561. The minimum absolute atomic E-state index is 0.352. The van der Waals surface area contributed by atoms with Crippen LogP contribution in [0.2, 0.25) is 0 Å². The van der Waals surface area contributed by atoms with E-state index in [0.717, 1.165) is 11.1 Å². The van der Waals surface area contributed by atoms with Crippen LogP contribution in [0.4, 0.5) is 0 Å². The third kappa shape index (κ3) is 3.85. The number of ether oxygens (including phenoxy) is 2. The van der Waals surface area contributed by atoms with Crippen molar-refractivity contribution >= 4 is 5.97 Å². The van der Waals surface area contributed by atoms with Crippen molar-refractivity contribution in [2.24, 2.45) is 0 Å². The van der Waals surface area contributed by atoms with Gasteiger partial charge in [-0.3, -0.25) is 4.79 Å². The standard InChI is InChI=1S/C16H16O3/c1-12-8-9-15(16(10-12)19-13(2)17)18-11-14-6-4-3-5-7-14/h3-10H,11H2,1-2H3. The molecule has 0 spiro atoms. The Kier molecular flexibility index (Phi) is 4.18. The van der Waals surface area contributed by atoms with Gasteiger partial charge in [0.1, 0.15) is 6.61 Å². The number of aryl methyl sites for hydroxylation is 1. The topological polar surface area (TPSA) is 35.5 Å². The molecule has 0 saturated carbocycles. The first kappa shape index (κ1) is 13.1. The number of hydrogen-bond acceptors (Lipinski definition) is 3. The number of rotatable bonds is 4. The molecule has 3 heteroatoms. The van der Waals surface area contributed by atoms with Crippen LogP contribution in [-0.4, -0.2) is 5.97 Å². The minimum Gasteiger partial charge on any atom is -0.485 e. The maximum absolute atomic E-state index is 11.1. The van der Waals surface area contributed by atoms with E-state index in [0.29, 0.717) is 18.1 Å². The molecule has 0 bridgehead atoms. The summed E-state index contributed by atoms with van der Waals surface area (Å²) in [6.45, 7) is 3.76. The molecule has 0 unspecified atom stereocenters. The van der Waals surface area contributed by atoms with Gasteiger partial charge >= 0.3 is 5.97 Å². The van der Waals surface area contributed by atoms with Gasteiger partial charge in [0.2, 0.25) is 0 Å². The molecular weight excluding hydrogens is 240 g/mol. The largest absolute Gasteiger partial charge is 0.485 e. The third-order valence-electron chi connectivity index (χ3n) is 2.59. The molecule has 0 radical (unpaired) electrons. The lowest BCUT2D eigenvalue weighted by atomic mass is 10.2. The van der Waals surface area contributed by atoms with Gasteiger partial charge in [-0.15, -0.1) is 0 Å². The summed E-state index contributed by atoms with van der Waals surface area (Å²) >= 11 is 0. The number of benzene rings is 2. The lowest BCUT2D eigenvalue weighted by molar-refractivity contribution is -0.132. The zero-order valence-corrected chi connectivity index (χ0v) is 11.1. The molecule has 0 N–H and O–H groups in total. The van der Waals surface area contributed by atoms with Gasteiger partial charge in [0.05, 0.1) is 0 Å². The summed E-state index contributed by atoms with van der Waals surface area (Å²) in [6, 6.07) is 15.4. The summed E-state index contributed by atoms with van der Waals surface area (Å²) in [6.07, 6.45) is 0. The number of hydrogen-bond donors (Lipinski definition) is 0. The van der Waals surface area contributed by atoms with Gasteiger partial charge in [0, 0.05) is 6.92 Å². The lowest BCUT2D eigenvalue weighted by Gasteiger charge is -2.11. The zero-order valence-electron chi connectivity index (χ0n) is 11.1. The average molecular weight is 256 g/mol. The lowest BCUT2D eigenvalue weighted by Crippen LogP contribution is -2.04. The normalized spacial score (nSPS) is 10.0. The van der Waals surface area contributed by atoms with Crippen LogP contribution in [0.1, 0.15) is 18.1 Å². The van der Waals surface area contributed by atoms with Crippen LogP contribution in [0.15, 0.2) is 48.5 Å². The third-order valence-corrected chi connectivity index (χ3v) is 2.59. The van der Waals surface area contributed by atoms with Crippen molar-refractivity contribution in [2.45, 2.75) is 20.5 Å².